The molecule has 222 valence electrons. The molecule has 1 aromatic heterocycles. The molecule has 2 N–H and O–H groups in total. The fraction of sp³-hybridized carbons (Fsp3) is 0.0278. The third kappa shape index (κ3) is 6.66. The Morgan fingerprint density at radius 2 is 1.38 bits per heavy atom. The standard InChI is InChI=1S/C36H25Cl2N3O3S/c37-29-17-8-12-24(34(29)38)20-30(40-35(43)23-10-2-1-3-11-23)36(44)39-25-13-9-14-26(21-25)45-22-33(42)41-31-18-6-4-15-27(31)28-16-5-7-19-32(28)41/h1-21H,22H2,(H,39,44)(H,40,43)/b30-20+. The molecule has 6 rings (SSSR count). The van der Waals surface area contributed by atoms with E-state index in [0.717, 1.165) is 26.7 Å². The minimum atomic E-state index is -0.557. The van der Waals surface area contributed by atoms with Crippen LogP contribution in [0.25, 0.3) is 27.9 Å². The van der Waals surface area contributed by atoms with Gasteiger partial charge in [-0.15, -0.1) is 11.8 Å². The van der Waals surface area contributed by atoms with E-state index in [2.05, 4.69) is 10.6 Å². The van der Waals surface area contributed by atoms with Gasteiger partial charge in [0, 0.05) is 26.9 Å². The maximum Gasteiger partial charge on any atom is 0.272 e. The first kappa shape index (κ1) is 30.2. The van der Waals surface area contributed by atoms with Gasteiger partial charge in [0.2, 0.25) is 5.91 Å². The molecule has 2 amide bonds. The molecule has 0 spiro atoms. The van der Waals surface area contributed by atoms with Crippen LogP contribution < -0.4 is 10.6 Å². The first-order valence-electron chi connectivity index (χ1n) is 14.0. The number of nitrogens with zero attached hydrogens (tertiary/aromatic N) is 1. The van der Waals surface area contributed by atoms with E-state index in [1.807, 2.05) is 54.6 Å². The van der Waals surface area contributed by atoms with Gasteiger partial charge in [0.05, 0.1) is 26.8 Å². The molecule has 0 radical (unpaired) electrons. The third-order valence-corrected chi connectivity index (χ3v) is 8.91. The first-order chi connectivity index (χ1) is 21.9. The van der Waals surface area contributed by atoms with Crippen molar-refractivity contribution in [2.45, 2.75) is 4.90 Å². The summed E-state index contributed by atoms with van der Waals surface area (Å²) in [4.78, 5) is 40.8. The van der Waals surface area contributed by atoms with Crippen molar-refractivity contribution in [1.29, 1.82) is 0 Å². The van der Waals surface area contributed by atoms with Crippen molar-refractivity contribution in [3.05, 3.63) is 148 Å². The average Bonchev–Trinajstić information content (AvgIpc) is 3.40. The Kier molecular flexibility index (Phi) is 9.03. The molecule has 45 heavy (non-hydrogen) atoms. The summed E-state index contributed by atoms with van der Waals surface area (Å²) in [5.41, 5.74) is 3.05. The monoisotopic (exact) mass is 649 g/mol. The van der Waals surface area contributed by atoms with Gasteiger partial charge in [0.15, 0.2) is 0 Å². The molecule has 0 bridgehead atoms. The van der Waals surface area contributed by atoms with E-state index in [1.54, 1.807) is 71.3 Å². The molecule has 9 heteroatoms. The first-order valence-corrected chi connectivity index (χ1v) is 15.7. The van der Waals surface area contributed by atoms with Crippen LogP contribution in [0.15, 0.2) is 132 Å². The van der Waals surface area contributed by atoms with Crippen molar-refractivity contribution < 1.29 is 14.4 Å². The smallest absolute Gasteiger partial charge is 0.272 e. The molecule has 0 aliphatic carbocycles. The summed E-state index contributed by atoms with van der Waals surface area (Å²) in [6, 6.07) is 36.5. The molecule has 0 fully saturated rings. The molecule has 5 aromatic carbocycles. The van der Waals surface area contributed by atoms with Crippen molar-refractivity contribution in [3.63, 3.8) is 0 Å². The SMILES string of the molecule is O=C(Nc1cccc(SCC(=O)n2c3ccccc3c3ccccc32)c1)/C(=C\c1cccc(Cl)c1Cl)NC(=O)c1ccccc1. The Morgan fingerprint density at radius 1 is 0.733 bits per heavy atom. The number of amides is 2. The fourth-order valence-corrected chi connectivity index (χ4v) is 6.16. The number of nitrogens with one attached hydrogen (secondary N) is 2. The summed E-state index contributed by atoms with van der Waals surface area (Å²) in [5, 5.41) is 8.19. The predicted octanol–water partition coefficient (Wildman–Crippen LogP) is 8.94. The molecule has 6 nitrogen and oxygen atoms in total. The molecular formula is C36H25Cl2N3O3S. The van der Waals surface area contributed by atoms with E-state index in [0.29, 0.717) is 21.8 Å². The van der Waals surface area contributed by atoms with Crippen LogP contribution in [0, 0.1) is 0 Å². The van der Waals surface area contributed by atoms with Crippen molar-refractivity contribution in [2.24, 2.45) is 0 Å². The van der Waals surface area contributed by atoms with Crippen LogP contribution in [-0.4, -0.2) is 28.0 Å². The van der Waals surface area contributed by atoms with Crippen LogP contribution in [0.4, 0.5) is 5.69 Å². The lowest BCUT2D eigenvalue weighted by molar-refractivity contribution is -0.113. The number of rotatable bonds is 8. The summed E-state index contributed by atoms with van der Waals surface area (Å²) < 4.78 is 1.76. The van der Waals surface area contributed by atoms with Crippen LogP contribution in [0.3, 0.4) is 0 Å². The molecule has 0 unspecified atom stereocenters. The van der Waals surface area contributed by atoms with Crippen molar-refractivity contribution >= 4 is 86.3 Å². The number of aromatic nitrogens is 1. The van der Waals surface area contributed by atoms with Gasteiger partial charge >= 0.3 is 0 Å². The summed E-state index contributed by atoms with van der Waals surface area (Å²) in [6.45, 7) is 0. The zero-order chi connectivity index (χ0) is 31.3. The fourth-order valence-electron chi connectivity index (χ4n) is 4.99. The molecule has 1 heterocycles. The van der Waals surface area contributed by atoms with Crippen LogP contribution in [0.1, 0.15) is 20.7 Å². The summed E-state index contributed by atoms with van der Waals surface area (Å²) in [5.74, 6) is -0.882. The maximum absolute atomic E-state index is 13.5. The molecular weight excluding hydrogens is 625 g/mol. The van der Waals surface area contributed by atoms with E-state index in [-0.39, 0.29) is 22.4 Å². The van der Waals surface area contributed by atoms with Crippen LogP contribution >= 0.6 is 35.0 Å². The number of hydrogen-bond donors (Lipinski definition) is 2. The van der Waals surface area contributed by atoms with Gasteiger partial charge in [-0.2, -0.15) is 0 Å². The maximum atomic E-state index is 13.5. The van der Waals surface area contributed by atoms with E-state index < -0.39 is 11.8 Å². The number of thioether (sulfide) groups is 1. The number of hydrogen-bond acceptors (Lipinski definition) is 4. The summed E-state index contributed by atoms with van der Waals surface area (Å²) in [7, 11) is 0. The number of carbonyl (C=O) groups is 3. The van der Waals surface area contributed by atoms with Crippen LogP contribution in [0.5, 0.6) is 0 Å². The molecule has 0 atom stereocenters. The minimum Gasteiger partial charge on any atom is -0.321 e. The lowest BCUT2D eigenvalue weighted by Gasteiger charge is -2.13. The number of carbonyl (C=O) groups excluding carboxylic acids is 3. The minimum absolute atomic E-state index is 0.0207. The van der Waals surface area contributed by atoms with Crippen molar-refractivity contribution in [3.8, 4) is 0 Å². The second kappa shape index (κ2) is 13.4. The van der Waals surface area contributed by atoms with E-state index >= 15 is 0 Å². The number of anilines is 1. The van der Waals surface area contributed by atoms with Crippen LogP contribution in [0.2, 0.25) is 10.0 Å². The highest BCUT2D eigenvalue weighted by atomic mass is 35.5. The normalized spacial score (nSPS) is 11.5. The third-order valence-electron chi connectivity index (χ3n) is 7.09. The largest absolute Gasteiger partial charge is 0.321 e. The Morgan fingerprint density at radius 3 is 2.09 bits per heavy atom. The van der Waals surface area contributed by atoms with Crippen molar-refractivity contribution in [2.75, 3.05) is 11.1 Å². The van der Waals surface area contributed by atoms with Gasteiger partial charge in [-0.25, -0.2) is 0 Å². The molecule has 0 saturated heterocycles. The molecule has 0 saturated carbocycles. The zero-order valence-electron chi connectivity index (χ0n) is 23.7. The number of benzene rings is 5. The summed E-state index contributed by atoms with van der Waals surface area (Å²) in [6.07, 6.45) is 1.48. The Hall–Kier alpha value is -4.82. The van der Waals surface area contributed by atoms with E-state index in [1.165, 1.54) is 17.8 Å². The second-order valence-corrected chi connectivity index (χ2v) is 11.9. The number of fused-ring (bicyclic) bond motifs is 3. The van der Waals surface area contributed by atoms with Gasteiger partial charge in [-0.05, 0) is 60.2 Å². The Labute approximate surface area is 273 Å². The van der Waals surface area contributed by atoms with Gasteiger partial charge in [0.1, 0.15) is 5.70 Å². The lowest BCUT2D eigenvalue weighted by atomic mass is 10.1. The van der Waals surface area contributed by atoms with E-state index in [4.69, 9.17) is 23.2 Å². The van der Waals surface area contributed by atoms with Gasteiger partial charge in [0.25, 0.3) is 11.8 Å². The second-order valence-electron chi connectivity index (χ2n) is 10.1. The molecule has 0 aliphatic rings. The highest BCUT2D eigenvalue weighted by Gasteiger charge is 2.18. The lowest BCUT2D eigenvalue weighted by Crippen LogP contribution is -2.30. The molecule has 0 aliphatic heterocycles. The Balaban J connectivity index is 1.21. The number of halogens is 2. The van der Waals surface area contributed by atoms with Crippen molar-refractivity contribution in [1.82, 2.24) is 9.88 Å². The molecule has 6 aromatic rings. The van der Waals surface area contributed by atoms with Gasteiger partial charge in [-0.1, -0.05) is 96.0 Å². The topological polar surface area (TPSA) is 80.2 Å². The highest BCUT2D eigenvalue weighted by molar-refractivity contribution is 8.00. The Bertz CT molecular complexity index is 2050. The zero-order valence-corrected chi connectivity index (χ0v) is 26.0. The van der Waals surface area contributed by atoms with Gasteiger partial charge < -0.3 is 10.6 Å². The average molecular weight is 651 g/mol. The van der Waals surface area contributed by atoms with Gasteiger partial charge in [-0.3, -0.25) is 19.0 Å². The summed E-state index contributed by atoms with van der Waals surface area (Å²) >= 11 is 13.9. The number of para-hydroxylation sites is 2. The van der Waals surface area contributed by atoms with Crippen LogP contribution in [-0.2, 0) is 4.79 Å². The quantitative estimate of drug-likeness (QED) is 0.127. The van der Waals surface area contributed by atoms with E-state index in [9.17, 15) is 14.4 Å². The highest BCUT2D eigenvalue weighted by Crippen LogP contribution is 2.31. The predicted molar refractivity (Wildman–Crippen MR) is 184 cm³/mol.